The molecule has 0 bridgehead atoms. The Hall–Kier alpha value is -2.76. The summed E-state index contributed by atoms with van der Waals surface area (Å²) in [6, 6.07) is 12.2. The Bertz CT molecular complexity index is 990. The van der Waals surface area contributed by atoms with Crippen LogP contribution in [-0.2, 0) is 6.54 Å². The number of anilines is 1. The van der Waals surface area contributed by atoms with E-state index in [-0.39, 0.29) is 24.0 Å². The number of nitrogens with zero attached hydrogens (tertiary/aromatic N) is 4. The summed E-state index contributed by atoms with van der Waals surface area (Å²) in [7, 11) is 1.70. The number of aromatic amines is 1. The molecule has 3 N–H and O–H groups in total. The van der Waals surface area contributed by atoms with Crippen molar-refractivity contribution in [2.24, 2.45) is 4.99 Å². The highest BCUT2D eigenvalue weighted by molar-refractivity contribution is 14.0. The number of furan rings is 1. The van der Waals surface area contributed by atoms with Gasteiger partial charge in [-0.15, -0.1) is 29.1 Å². The molecule has 1 atom stereocenters. The van der Waals surface area contributed by atoms with Crippen molar-refractivity contribution in [1.82, 2.24) is 25.8 Å². The molecule has 0 saturated carbocycles. The van der Waals surface area contributed by atoms with Crippen LogP contribution in [0.15, 0.2) is 52.1 Å². The van der Waals surface area contributed by atoms with E-state index in [4.69, 9.17) is 9.15 Å². The molecule has 1 aromatic carbocycles. The minimum absolute atomic E-state index is 0. The fraction of sp³-hybridized carbons (Fsp3) is 0.409. The molecule has 0 radical (unpaired) electrons. The molecule has 172 valence electrons. The van der Waals surface area contributed by atoms with Gasteiger partial charge in [0.2, 0.25) is 5.82 Å². The maximum Gasteiger partial charge on any atom is 0.216 e. The lowest BCUT2D eigenvalue weighted by Crippen LogP contribution is -2.51. The average molecular weight is 551 g/mol. The number of nitrogens with one attached hydrogen (secondary N) is 3. The third kappa shape index (κ3) is 6.15. The van der Waals surface area contributed by atoms with Crippen LogP contribution < -0.4 is 20.3 Å². The molecule has 3 aromatic rings. The van der Waals surface area contributed by atoms with Crippen molar-refractivity contribution >= 4 is 35.6 Å². The Kier molecular flexibility index (Phi) is 8.77. The van der Waals surface area contributed by atoms with Crippen molar-refractivity contribution in [3.63, 3.8) is 0 Å². The van der Waals surface area contributed by atoms with Crippen LogP contribution in [0.25, 0.3) is 11.6 Å². The highest BCUT2D eigenvalue weighted by Crippen LogP contribution is 2.24. The third-order valence-electron chi connectivity index (χ3n) is 5.19. The summed E-state index contributed by atoms with van der Waals surface area (Å²) < 4.78 is 10.7. The quantitative estimate of drug-likeness (QED) is 0.235. The van der Waals surface area contributed by atoms with Gasteiger partial charge in [-0.3, -0.25) is 5.10 Å². The van der Waals surface area contributed by atoms with Gasteiger partial charge in [0, 0.05) is 37.4 Å². The second kappa shape index (κ2) is 11.7. The van der Waals surface area contributed by atoms with E-state index in [1.54, 1.807) is 13.4 Å². The van der Waals surface area contributed by atoms with Gasteiger partial charge in [0.25, 0.3) is 0 Å². The number of piperidine rings is 1. The molecule has 1 unspecified atom stereocenters. The van der Waals surface area contributed by atoms with Gasteiger partial charge in [-0.05, 0) is 44.0 Å². The summed E-state index contributed by atoms with van der Waals surface area (Å²) in [6.07, 6.45) is 3.81. The molecule has 2 aromatic heterocycles. The minimum atomic E-state index is 0. The zero-order valence-electron chi connectivity index (χ0n) is 18.4. The van der Waals surface area contributed by atoms with E-state index in [9.17, 15) is 0 Å². The number of guanidine groups is 1. The number of halogens is 1. The predicted octanol–water partition coefficient (Wildman–Crippen LogP) is 3.42. The summed E-state index contributed by atoms with van der Waals surface area (Å²) in [4.78, 5) is 11.5. The van der Waals surface area contributed by atoms with E-state index in [0.717, 1.165) is 44.2 Å². The molecule has 4 rings (SSSR count). The Morgan fingerprint density at radius 2 is 2.25 bits per heavy atom. The number of methoxy groups -OCH3 is 1. The van der Waals surface area contributed by atoms with Crippen molar-refractivity contribution in [3.05, 3.63) is 48.5 Å². The standard InChI is InChI=1S/C22H29N7O2.HI/c1-3-23-22(24-14-20-26-21(28-27-20)19-10-6-12-31-19)25-16-7-5-11-29(15-16)17-8-4-9-18(13-17)30-2;/h4,6,8-10,12-13,16H,3,5,7,11,14-15H2,1-2H3,(H2,23,24,25)(H,26,27,28);1H. The predicted molar refractivity (Wildman–Crippen MR) is 136 cm³/mol. The molecule has 1 saturated heterocycles. The van der Waals surface area contributed by atoms with Crippen LogP contribution in [0, 0.1) is 0 Å². The van der Waals surface area contributed by atoms with Crippen molar-refractivity contribution in [2.75, 3.05) is 31.6 Å². The van der Waals surface area contributed by atoms with Crippen LogP contribution in [-0.4, -0.2) is 53.9 Å². The first kappa shape index (κ1) is 23.9. The molecule has 1 aliphatic rings. The minimum Gasteiger partial charge on any atom is -0.497 e. The Morgan fingerprint density at radius 1 is 1.34 bits per heavy atom. The van der Waals surface area contributed by atoms with Crippen LogP contribution in [0.1, 0.15) is 25.6 Å². The lowest BCUT2D eigenvalue weighted by molar-refractivity contribution is 0.414. The van der Waals surface area contributed by atoms with E-state index < -0.39 is 0 Å². The topological polar surface area (TPSA) is 104 Å². The SMILES string of the molecule is CCNC(=NCc1nc(-c2ccco2)n[nH]1)NC1CCCN(c2cccc(OC)c2)C1.I. The molecule has 1 aliphatic heterocycles. The molecule has 0 aliphatic carbocycles. The van der Waals surface area contributed by atoms with Crippen LogP contribution in [0.5, 0.6) is 5.75 Å². The summed E-state index contributed by atoms with van der Waals surface area (Å²) in [6.45, 7) is 5.18. The Balaban J connectivity index is 0.00000289. The lowest BCUT2D eigenvalue weighted by Gasteiger charge is -2.35. The molecule has 0 spiro atoms. The monoisotopic (exact) mass is 551 g/mol. The number of H-pyrrole nitrogens is 1. The van der Waals surface area contributed by atoms with E-state index in [2.05, 4.69) is 54.8 Å². The van der Waals surface area contributed by atoms with Crippen LogP contribution in [0.4, 0.5) is 5.69 Å². The first-order chi connectivity index (χ1) is 15.2. The number of aliphatic imine (C=N–C) groups is 1. The largest absolute Gasteiger partial charge is 0.497 e. The molecule has 3 heterocycles. The second-order valence-electron chi connectivity index (χ2n) is 7.41. The Labute approximate surface area is 205 Å². The van der Waals surface area contributed by atoms with Crippen LogP contribution >= 0.6 is 24.0 Å². The number of benzene rings is 1. The maximum atomic E-state index is 5.38. The smallest absolute Gasteiger partial charge is 0.216 e. The molecule has 1 fully saturated rings. The third-order valence-corrected chi connectivity index (χ3v) is 5.19. The van der Waals surface area contributed by atoms with Gasteiger partial charge >= 0.3 is 0 Å². The molecule has 9 nitrogen and oxygen atoms in total. The van der Waals surface area contributed by atoms with E-state index in [0.29, 0.717) is 30.0 Å². The van der Waals surface area contributed by atoms with Gasteiger partial charge in [-0.2, -0.15) is 0 Å². The number of hydrogen-bond donors (Lipinski definition) is 3. The Morgan fingerprint density at radius 3 is 3.03 bits per heavy atom. The number of aromatic nitrogens is 3. The van der Waals surface area contributed by atoms with Crippen molar-refractivity contribution < 1.29 is 9.15 Å². The molecular formula is C22H30IN7O2. The molecule has 0 amide bonds. The van der Waals surface area contributed by atoms with Gasteiger partial charge in [0.15, 0.2) is 11.7 Å². The summed E-state index contributed by atoms with van der Waals surface area (Å²) in [5.41, 5.74) is 1.18. The number of rotatable bonds is 7. The number of hydrogen-bond acceptors (Lipinski definition) is 6. The van der Waals surface area contributed by atoms with E-state index in [1.165, 1.54) is 5.69 Å². The zero-order chi connectivity index (χ0) is 21.5. The van der Waals surface area contributed by atoms with Gasteiger partial charge in [0.1, 0.15) is 18.1 Å². The first-order valence-corrected chi connectivity index (χ1v) is 10.6. The zero-order valence-corrected chi connectivity index (χ0v) is 20.7. The highest BCUT2D eigenvalue weighted by Gasteiger charge is 2.21. The fourth-order valence-electron chi connectivity index (χ4n) is 3.69. The van der Waals surface area contributed by atoms with Crippen molar-refractivity contribution in [3.8, 4) is 17.3 Å². The van der Waals surface area contributed by atoms with Gasteiger partial charge in [-0.1, -0.05) is 6.07 Å². The van der Waals surface area contributed by atoms with Crippen molar-refractivity contribution in [1.29, 1.82) is 0 Å². The van der Waals surface area contributed by atoms with E-state index in [1.807, 2.05) is 24.3 Å². The normalized spacial score (nSPS) is 16.4. The second-order valence-corrected chi connectivity index (χ2v) is 7.41. The van der Waals surface area contributed by atoms with Crippen LogP contribution in [0.3, 0.4) is 0 Å². The fourth-order valence-corrected chi connectivity index (χ4v) is 3.69. The van der Waals surface area contributed by atoms with Gasteiger partial charge in [0.05, 0.1) is 13.4 Å². The van der Waals surface area contributed by atoms with Crippen LogP contribution in [0.2, 0.25) is 0 Å². The van der Waals surface area contributed by atoms with E-state index >= 15 is 0 Å². The maximum absolute atomic E-state index is 5.38. The summed E-state index contributed by atoms with van der Waals surface area (Å²) in [5.74, 6) is 3.51. The average Bonchev–Trinajstić information content (AvgIpc) is 3.50. The van der Waals surface area contributed by atoms with Crippen molar-refractivity contribution in [2.45, 2.75) is 32.4 Å². The molecular weight excluding hydrogens is 521 g/mol. The number of ether oxygens (including phenoxy) is 1. The van der Waals surface area contributed by atoms with Gasteiger partial charge in [-0.25, -0.2) is 9.98 Å². The molecule has 10 heteroatoms. The first-order valence-electron chi connectivity index (χ1n) is 10.6. The molecule has 32 heavy (non-hydrogen) atoms. The highest BCUT2D eigenvalue weighted by atomic mass is 127. The summed E-state index contributed by atoms with van der Waals surface area (Å²) in [5, 5.41) is 14.0. The van der Waals surface area contributed by atoms with Gasteiger partial charge < -0.3 is 24.7 Å². The summed E-state index contributed by atoms with van der Waals surface area (Å²) >= 11 is 0. The lowest BCUT2D eigenvalue weighted by atomic mass is 10.0.